The van der Waals surface area contributed by atoms with Crippen LogP contribution in [0.25, 0.3) is 16.8 Å². The molecule has 1 aromatic carbocycles. The number of aromatic amines is 1. The number of imidazole rings is 1. The van der Waals surface area contributed by atoms with E-state index in [1.165, 1.54) is 34.9 Å². The molecule has 0 radical (unpaired) electrons. The number of amides is 1. The van der Waals surface area contributed by atoms with Crippen molar-refractivity contribution in [3.05, 3.63) is 60.3 Å². The predicted molar refractivity (Wildman–Crippen MR) is 93.0 cm³/mol. The number of rotatable bonds is 4. The number of hydrogen-bond acceptors (Lipinski definition) is 2. The quantitative estimate of drug-likeness (QED) is 0.469. The lowest BCUT2D eigenvalue weighted by Crippen LogP contribution is -2.58. The van der Waals surface area contributed by atoms with E-state index in [9.17, 15) is 27.5 Å². The highest BCUT2D eigenvalue weighted by Crippen LogP contribution is 2.28. The number of carbonyl (C=O) groups is 1. The van der Waals surface area contributed by atoms with Crippen LogP contribution in [0.15, 0.2) is 48.7 Å². The first kappa shape index (κ1) is 19.8. The Hall–Kier alpha value is -2.94. The SMILES string of the molecule is CC(C)(O)C(NC(=O)c1[nH]c(-c2ccc(F)cc2)c2cccc[n+]12)C(F)(F)F. The number of nitrogens with zero attached hydrogens (tertiary/aromatic N) is 1. The number of aliphatic hydroxyl groups is 1. The summed E-state index contributed by atoms with van der Waals surface area (Å²) in [5, 5.41) is 11.7. The molecule has 1 atom stereocenters. The van der Waals surface area contributed by atoms with Crippen molar-refractivity contribution in [3.8, 4) is 11.3 Å². The largest absolute Gasteiger partial charge is 0.411 e. The van der Waals surface area contributed by atoms with Gasteiger partial charge in [0, 0.05) is 5.56 Å². The summed E-state index contributed by atoms with van der Waals surface area (Å²) in [6, 6.07) is 7.98. The molecule has 2 heterocycles. The predicted octanol–water partition coefficient (Wildman–Crippen LogP) is 2.99. The minimum atomic E-state index is -4.85. The Morgan fingerprint density at radius 2 is 1.79 bits per heavy atom. The molecule has 0 saturated heterocycles. The van der Waals surface area contributed by atoms with Crippen molar-refractivity contribution in [2.75, 3.05) is 0 Å². The average Bonchev–Trinajstić information content (AvgIpc) is 2.98. The van der Waals surface area contributed by atoms with Gasteiger partial charge < -0.3 is 10.4 Å². The molecule has 0 aliphatic carbocycles. The molecular weight excluding hydrogens is 378 g/mol. The number of pyridine rings is 1. The molecule has 28 heavy (non-hydrogen) atoms. The van der Waals surface area contributed by atoms with Gasteiger partial charge in [-0.05, 0) is 50.2 Å². The van der Waals surface area contributed by atoms with Crippen LogP contribution in [0.2, 0.25) is 0 Å². The van der Waals surface area contributed by atoms with Crippen LogP contribution in [-0.4, -0.2) is 33.8 Å². The van der Waals surface area contributed by atoms with Crippen LogP contribution in [-0.2, 0) is 0 Å². The zero-order valence-corrected chi connectivity index (χ0v) is 15.0. The third-order valence-electron chi connectivity index (χ3n) is 4.26. The van der Waals surface area contributed by atoms with E-state index in [-0.39, 0.29) is 5.82 Å². The topological polar surface area (TPSA) is 69.2 Å². The third kappa shape index (κ3) is 3.84. The third-order valence-corrected chi connectivity index (χ3v) is 4.26. The molecule has 3 rings (SSSR count). The standard InChI is InChI=1S/C19H17F4N3O2/c1-18(2,28)17(19(21,22)23)25-16(27)15-24-14(11-6-8-12(20)9-7-11)13-5-3-4-10-26(13)15/h3-10,17,28H,1-2H3,(H,25,27)/p+1. The fourth-order valence-corrected chi connectivity index (χ4v) is 2.95. The van der Waals surface area contributed by atoms with Crippen molar-refractivity contribution in [2.24, 2.45) is 0 Å². The molecule has 0 saturated carbocycles. The van der Waals surface area contributed by atoms with Crippen molar-refractivity contribution in [2.45, 2.75) is 31.7 Å². The van der Waals surface area contributed by atoms with Crippen LogP contribution in [0.3, 0.4) is 0 Å². The van der Waals surface area contributed by atoms with Gasteiger partial charge in [0.15, 0.2) is 17.3 Å². The summed E-state index contributed by atoms with van der Waals surface area (Å²) in [7, 11) is 0. The zero-order chi connectivity index (χ0) is 20.7. The van der Waals surface area contributed by atoms with E-state index < -0.39 is 29.5 Å². The van der Waals surface area contributed by atoms with E-state index in [4.69, 9.17) is 0 Å². The summed E-state index contributed by atoms with van der Waals surface area (Å²) in [4.78, 5) is 15.4. The average molecular weight is 396 g/mol. The normalized spacial score (nSPS) is 13.5. The van der Waals surface area contributed by atoms with Crippen LogP contribution >= 0.6 is 0 Å². The minimum absolute atomic E-state index is 0.159. The highest BCUT2D eigenvalue weighted by Gasteiger charge is 2.50. The molecule has 9 heteroatoms. The summed E-state index contributed by atoms with van der Waals surface area (Å²) in [6.07, 6.45) is -3.33. The van der Waals surface area contributed by atoms with Gasteiger partial charge in [-0.1, -0.05) is 6.07 Å². The zero-order valence-electron chi connectivity index (χ0n) is 15.0. The monoisotopic (exact) mass is 396 g/mol. The number of H-pyrrole nitrogens is 1. The van der Waals surface area contributed by atoms with Gasteiger partial charge in [0.2, 0.25) is 0 Å². The van der Waals surface area contributed by atoms with Gasteiger partial charge in [-0.25, -0.2) is 9.37 Å². The van der Waals surface area contributed by atoms with Gasteiger partial charge in [-0.2, -0.15) is 17.6 Å². The molecule has 0 aliphatic rings. The fourth-order valence-electron chi connectivity index (χ4n) is 2.95. The summed E-state index contributed by atoms with van der Waals surface area (Å²) >= 11 is 0. The number of carbonyl (C=O) groups excluding carboxylic acids is 1. The van der Waals surface area contributed by atoms with E-state index in [0.29, 0.717) is 16.8 Å². The molecule has 1 amide bonds. The second kappa shape index (κ2) is 6.90. The van der Waals surface area contributed by atoms with Gasteiger partial charge in [-0.3, -0.25) is 4.79 Å². The molecule has 3 aromatic rings. The van der Waals surface area contributed by atoms with Gasteiger partial charge in [0.25, 0.3) is 0 Å². The number of benzene rings is 1. The maximum atomic E-state index is 13.3. The van der Waals surface area contributed by atoms with E-state index in [1.807, 2.05) is 5.32 Å². The number of aromatic nitrogens is 2. The molecule has 148 valence electrons. The first-order valence-electron chi connectivity index (χ1n) is 8.37. The van der Waals surface area contributed by atoms with Crippen molar-refractivity contribution in [1.82, 2.24) is 10.3 Å². The number of halogens is 4. The minimum Gasteiger partial charge on any atom is -0.388 e. The van der Waals surface area contributed by atoms with Gasteiger partial charge >= 0.3 is 17.9 Å². The molecule has 1 unspecified atom stereocenters. The van der Waals surface area contributed by atoms with Crippen LogP contribution in [0.5, 0.6) is 0 Å². The van der Waals surface area contributed by atoms with Crippen molar-refractivity contribution in [3.63, 3.8) is 0 Å². The summed E-state index contributed by atoms with van der Waals surface area (Å²) in [5.74, 6) is -1.64. The lowest BCUT2D eigenvalue weighted by molar-refractivity contribution is -0.514. The van der Waals surface area contributed by atoms with Crippen LogP contribution in [0.4, 0.5) is 17.6 Å². The summed E-state index contributed by atoms with van der Waals surface area (Å²) in [5.41, 5.74) is -0.705. The second-order valence-corrected chi connectivity index (χ2v) is 6.91. The molecular formula is C19H18F4N3O2+. The number of hydrogen-bond donors (Lipinski definition) is 3. The van der Waals surface area contributed by atoms with Crippen molar-refractivity contribution in [1.29, 1.82) is 0 Å². The highest BCUT2D eigenvalue weighted by atomic mass is 19.4. The molecule has 0 spiro atoms. The lowest BCUT2D eigenvalue weighted by Gasteiger charge is -2.31. The van der Waals surface area contributed by atoms with E-state index in [2.05, 4.69) is 4.98 Å². The van der Waals surface area contributed by atoms with Gasteiger partial charge in [-0.15, -0.1) is 0 Å². The number of fused-ring (bicyclic) bond motifs is 1. The van der Waals surface area contributed by atoms with Gasteiger partial charge in [0.05, 0.1) is 11.8 Å². The van der Waals surface area contributed by atoms with Crippen LogP contribution < -0.4 is 9.72 Å². The molecule has 2 aromatic heterocycles. The summed E-state index contributed by atoms with van der Waals surface area (Å²) in [6.45, 7) is 1.94. The Kier molecular flexibility index (Phi) is 4.88. The second-order valence-electron chi connectivity index (χ2n) is 6.91. The molecule has 5 nitrogen and oxygen atoms in total. The highest BCUT2D eigenvalue weighted by molar-refractivity contribution is 5.91. The molecule has 0 bridgehead atoms. The molecule has 0 fully saturated rings. The molecule has 3 N–H and O–H groups in total. The van der Waals surface area contributed by atoms with Crippen LogP contribution in [0, 0.1) is 5.82 Å². The van der Waals surface area contributed by atoms with E-state index >= 15 is 0 Å². The van der Waals surface area contributed by atoms with Crippen molar-refractivity contribution >= 4 is 11.4 Å². The maximum absolute atomic E-state index is 13.3. The number of nitrogens with one attached hydrogen (secondary N) is 2. The van der Waals surface area contributed by atoms with E-state index in [0.717, 1.165) is 13.8 Å². The first-order chi connectivity index (χ1) is 13.0. The maximum Gasteiger partial charge on any atom is 0.411 e. The Morgan fingerprint density at radius 1 is 1.14 bits per heavy atom. The Labute approximate surface area is 157 Å². The van der Waals surface area contributed by atoms with E-state index in [1.54, 1.807) is 18.2 Å². The molecule has 0 aliphatic heterocycles. The van der Waals surface area contributed by atoms with Gasteiger partial charge in [0.1, 0.15) is 5.82 Å². The Balaban J connectivity index is 2.06. The fraction of sp³-hybridized carbons (Fsp3) is 0.263. The smallest absolute Gasteiger partial charge is 0.388 e. The summed E-state index contributed by atoms with van der Waals surface area (Å²) < 4.78 is 54.5. The number of alkyl halides is 3. The lowest BCUT2D eigenvalue weighted by atomic mass is 9.98. The Bertz CT molecular complexity index is 991. The Morgan fingerprint density at radius 3 is 2.36 bits per heavy atom. The first-order valence-corrected chi connectivity index (χ1v) is 8.37. The van der Waals surface area contributed by atoms with Crippen LogP contribution in [0.1, 0.15) is 24.5 Å². The van der Waals surface area contributed by atoms with Crippen molar-refractivity contribution < 1.29 is 31.9 Å².